The van der Waals surface area contributed by atoms with E-state index in [9.17, 15) is 19.7 Å². The molecule has 1 aromatic rings. The van der Waals surface area contributed by atoms with E-state index in [2.05, 4.69) is 26.6 Å². The third kappa shape index (κ3) is 4.71. The molecule has 8 nitrogen and oxygen atoms in total. The van der Waals surface area contributed by atoms with Crippen LogP contribution in [0.4, 0.5) is 10.5 Å². The molecule has 0 fully saturated rings. The highest BCUT2D eigenvalue weighted by Gasteiger charge is 2.19. The summed E-state index contributed by atoms with van der Waals surface area (Å²) in [6.45, 7) is 0.475. The maximum absolute atomic E-state index is 11.9. The molecule has 0 bridgehead atoms. The van der Waals surface area contributed by atoms with E-state index in [1.54, 1.807) is 14.1 Å². The van der Waals surface area contributed by atoms with Crippen LogP contribution in [-0.4, -0.2) is 48.9 Å². The molecule has 0 aliphatic carbocycles. The molecular weight excluding hydrogens is 344 g/mol. The average molecular weight is 359 g/mol. The van der Waals surface area contributed by atoms with Gasteiger partial charge in [0.25, 0.3) is 11.6 Å². The number of amides is 3. The maximum Gasteiger partial charge on any atom is 0.316 e. The van der Waals surface area contributed by atoms with Gasteiger partial charge < -0.3 is 15.5 Å². The van der Waals surface area contributed by atoms with E-state index in [0.29, 0.717) is 0 Å². The van der Waals surface area contributed by atoms with Crippen LogP contribution in [0.5, 0.6) is 0 Å². The summed E-state index contributed by atoms with van der Waals surface area (Å²) in [4.78, 5) is 34.8. The highest BCUT2D eigenvalue weighted by Crippen LogP contribution is 2.27. The summed E-state index contributed by atoms with van der Waals surface area (Å²) in [7, 11) is 3.21. The SMILES string of the molecule is CN(C)C(=O)NCCNC(=O)c1cccc([N+](=O)[O-])c1Br. The molecule has 3 amide bonds. The number of benzene rings is 1. The number of nitrogens with one attached hydrogen (secondary N) is 2. The molecule has 21 heavy (non-hydrogen) atoms. The van der Waals surface area contributed by atoms with Crippen LogP contribution in [0.25, 0.3) is 0 Å². The van der Waals surface area contributed by atoms with Crippen molar-refractivity contribution in [2.45, 2.75) is 0 Å². The van der Waals surface area contributed by atoms with Crippen LogP contribution in [-0.2, 0) is 0 Å². The van der Waals surface area contributed by atoms with Gasteiger partial charge in [0.2, 0.25) is 0 Å². The molecule has 0 saturated heterocycles. The fraction of sp³-hybridized carbons (Fsp3) is 0.333. The summed E-state index contributed by atoms with van der Waals surface area (Å²) in [6.07, 6.45) is 0. The van der Waals surface area contributed by atoms with Crippen LogP contribution in [0, 0.1) is 10.1 Å². The van der Waals surface area contributed by atoms with Crippen LogP contribution >= 0.6 is 15.9 Å². The predicted octanol–water partition coefficient (Wildman–Crippen LogP) is 1.36. The van der Waals surface area contributed by atoms with Crippen molar-refractivity contribution >= 4 is 33.6 Å². The van der Waals surface area contributed by atoms with Gasteiger partial charge in [0.15, 0.2) is 0 Å². The number of rotatable bonds is 5. The van der Waals surface area contributed by atoms with E-state index in [-0.39, 0.29) is 34.8 Å². The summed E-state index contributed by atoms with van der Waals surface area (Å²) in [5.41, 5.74) is -0.00769. The van der Waals surface area contributed by atoms with Crippen LogP contribution in [0.15, 0.2) is 22.7 Å². The summed E-state index contributed by atoms with van der Waals surface area (Å²) in [5.74, 6) is -0.454. The van der Waals surface area contributed by atoms with Gasteiger partial charge in [0, 0.05) is 33.3 Å². The number of carbonyl (C=O) groups excluding carboxylic acids is 2. The highest BCUT2D eigenvalue weighted by atomic mass is 79.9. The Morgan fingerprint density at radius 2 is 1.90 bits per heavy atom. The fourth-order valence-electron chi connectivity index (χ4n) is 1.43. The second kappa shape index (κ2) is 7.58. The number of urea groups is 1. The van der Waals surface area contributed by atoms with Crippen LogP contribution < -0.4 is 10.6 Å². The van der Waals surface area contributed by atoms with Crippen molar-refractivity contribution in [3.8, 4) is 0 Å². The van der Waals surface area contributed by atoms with Gasteiger partial charge in [-0.05, 0) is 22.0 Å². The number of halogens is 1. The molecule has 0 aliphatic heterocycles. The normalized spacial score (nSPS) is 9.86. The van der Waals surface area contributed by atoms with Crippen molar-refractivity contribution in [3.05, 3.63) is 38.3 Å². The summed E-state index contributed by atoms with van der Waals surface area (Å²) >= 11 is 3.05. The predicted molar refractivity (Wildman–Crippen MR) is 80.2 cm³/mol. The molecule has 1 rings (SSSR count). The van der Waals surface area contributed by atoms with E-state index >= 15 is 0 Å². The number of nitrogens with zero attached hydrogens (tertiary/aromatic N) is 2. The molecule has 2 N–H and O–H groups in total. The zero-order chi connectivity index (χ0) is 16.0. The van der Waals surface area contributed by atoms with Crippen molar-refractivity contribution in [1.29, 1.82) is 0 Å². The Kier molecular flexibility index (Phi) is 6.10. The molecule has 0 heterocycles. The van der Waals surface area contributed by atoms with Gasteiger partial charge in [-0.25, -0.2) is 4.79 Å². The molecule has 0 aromatic heterocycles. The molecule has 1 aromatic carbocycles. The van der Waals surface area contributed by atoms with Crippen molar-refractivity contribution in [1.82, 2.24) is 15.5 Å². The molecule has 114 valence electrons. The lowest BCUT2D eigenvalue weighted by molar-refractivity contribution is -0.385. The monoisotopic (exact) mass is 358 g/mol. The number of hydrogen-bond acceptors (Lipinski definition) is 4. The van der Waals surface area contributed by atoms with Gasteiger partial charge in [-0.1, -0.05) is 6.07 Å². The van der Waals surface area contributed by atoms with E-state index in [1.807, 2.05) is 0 Å². The van der Waals surface area contributed by atoms with Gasteiger partial charge in [0.1, 0.15) is 4.47 Å². The second-order valence-electron chi connectivity index (χ2n) is 4.28. The van der Waals surface area contributed by atoms with E-state index in [4.69, 9.17) is 0 Å². The Bertz CT molecular complexity index is 562. The standard InChI is InChI=1S/C12H15BrN4O4/c1-16(2)12(19)15-7-6-14-11(18)8-4-3-5-9(10(8)13)17(20)21/h3-5H,6-7H2,1-2H3,(H,14,18)(H,15,19). The largest absolute Gasteiger partial charge is 0.350 e. The van der Waals surface area contributed by atoms with E-state index in [1.165, 1.54) is 23.1 Å². The molecule has 0 atom stereocenters. The van der Waals surface area contributed by atoms with Gasteiger partial charge in [-0.15, -0.1) is 0 Å². The van der Waals surface area contributed by atoms with Gasteiger partial charge in [-0.3, -0.25) is 14.9 Å². The quantitative estimate of drug-likeness (QED) is 0.470. The Morgan fingerprint density at radius 1 is 1.29 bits per heavy atom. The highest BCUT2D eigenvalue weighted by molar-refractivity contribution is 9.10. The lowest BCUT2D eigenvalue weighted by Crippen LogP contribution is -2.39. The van der Waals surface area contributed by atoms with E-state index in [0.717, 1.165) is 0 Å². The third-order valence-corrected chi connectivity index (χ3v) is 3.35. The van der Waals surface area contributed by atoms with Crippen LogP contribution in [0.1, 0.15) is 10.4 Å². The van der Waals surface area contributed by atoms with Crippen molar-refractivity contribution < 1.29 is 14.5 Å². The second-order valence-corrected chi connectivity index (χ2v) is 5.07. The van der Waals surface area contributed by atoms with Crippen molar-refractivity contribution in [2.24, 2.45) is 0 Å². The third-order valence-electron chi connectivity index (χ3n) is 2.51. The Hall–Kier alpha value is -2.16. The van der Waals surface area contributed by atoms with E-state index < -0.39 is 10.8 Å². The molecule has 0 spiro atoms. The summed E-state index contributed by atoms with van der Waals surface area (Å²) in [5, 5.41) is 15.9. The molecule has 0 aliphatic rings. The lowest BCUT2D eigenvalue weighted by atomic mass is 10.2. The zero-order valence-electron chi connectivity index (χ0n) is 11.6. The smallest absolute Gasteiger partial charge is 0.316 e. The van der Waals surface area contributed by atoms with Crippen LogP contribution in [0.2, 0.25) is 0 Å². The number of nitro benzene ring substituents is 1. The molecular formula is C12H15BrN4O4. The van der Waals surface area contributed by atoms with Crippen molar-refractivity contribution in [2.75, 3.05) is 27.2 Å². The molecule has 9 heteroatoms. The Balaban J connectivity index is 2.59. The minimum absolute atomic E-state index is 0.129. The average Bonchev–Trinajstić information content (AvgIpc) is 2.42. The number of carbonyl (C=O) groups is 2. The first-order valence-electron chi connectivity index (χ1n) is 6.01. The minimum Gasteiger partial charge on any atom is -0.350 e. The molecule has 0 saturated carbocycles. The maximum atomic E-state index is 11.9. The van der Waals surface area contributed by atoms with Gasteiger partial charge in [0.05, 0.1) is 10.5 Å². The lowest BCUT2D eigenvalue weighted by Gasteiger charge is -2.12. The first-order valence-corrected chi connectivity index (χ1v) is 6.80. The zero-order valence-corrected chi connectivity index (χ0v) is 13.1. The first-order chi connectivity index (χ1) is 9.84. The minimum atomic E-state index is -0.571. The first kappa shape index (κ1) is 16.9. The Morgan fingerprint density at radius 3 is 2.48 bits per heavy atom. The number of nitro groups is 1. The number of hydrogen-bond donors (Lipinski definition) is 2. The van der Waals surface area contributed by atoms with Crippen LogP contribution in [0.3, 0.4) is 0 Å². The molecule has 0 unspecified atom stereocenters. The fourth-order valence-corrected chi connectivity index (χ4v) is 2.02. The van der Waals surface area contributed by atoms with Crippen molar-refractivity contribution in [3.63, 3.8) is 0 Å². The van der Waals surface area contributed by atoms with Gasteiger partial charge >= 0.3 is 6.03 Å². The molecule has 0 radical (unpaired) electrons. The van der Waals surface area contributed by atoms with Gasteiger partial charge in [-0.2, -0.15) is 0 Å². The summed E-state index contributed by atoms with van der Waals surface area (Å²) in [6, 6.07) is 3.95. The topological polar surface area (TPSA) is 105 Å². The summed E-state index contributed by atoms with van der Waals surface area (Å²) < 4.78 is 0.129. The Labute approximate surface area is 129 Å².